The molecule has 4 aromatic rings. The van der Waals surface area contributed by atoms with Crippen LogP contribution in [0.25, 0.3) is 21.9 Å². The first-order valence-electron chi connectivity index (χ1n) is 14.9. The van der Waals surface area contributed by atoms with Crippen molar-refractivity contribution in [3.8, 4) is 0 Å². The molecule has 11 heteroatoms. The molecule has 0 saturated carbocycles. The van der Waals surface area contributed by atoms with Gasteiger partial charge in [0.1, 0.15) is 6.04 Å². The Morgan fingerprint density at radius 1 is 0.952 bits per heavy atom. The van der Waals surface area contributed by atoms with E-state index in [1.54, 1.807) is 4.90 Å². The molecule has 5 heterocycles. The first kappa shape index (κ1) is 26.8. The number of urea groups is 1. The lowest BCUT2D eigenvalue weighted by Crippen LogP contribution is -2.57. The summed E-state index contributed by atoms with van der Waals surface area (Å²) in [5, 5.41) is 4.14. The number of fused-ring (bicyclic) bond motifs is 2. The number of aromatic nitrogens is 3. The summed E-state index contributed by atoms with van der Waals surface area (Å²) in [7, 11) is 0. The number of rotatable bonds is 5. The van der Waals surface area contributed by atoms with Gasteiger partial charge in [-0.3, -0.25) is 9.36 Å². The lowest BCUT2D eigenvalue weighted by Gasteiger charge is -2.39. The number of nitrogens with zero attached hydrogens (tertiary/aromatic N) is 3. The maximum absolute atomic E-state index is 13.9. The molecule has 3 N–H and O–H groups in total. The smallest absolute Gasteiger partial charge is 0.326 e. The predicted molar refractivity (Wildman–Crippen MR) is 157 cm³/mol. The highest BCUT2D eigenvalue weighted by molar-refractivity contribution is 5.88. The van der Waals surface area contributed by atoms with Gasteiger partial charge in [-0.1, -0.05) is 18.2 Å². The average molecular weight is 573 g/mol. The molecule has 1 atom stereocenters. The highest BCUT2D eigenvalue weighted by Crippen LogP contribution is 2.32. The number of carbonyl (C=O) groups is 2. The number of likely N-dealkylation sites (tertiary alicyclic amines) is 2. The Morgan fingerprint density at radius 2 is 1.71 bits per heavy atom. The molecule has 3 aliphatic heterocycles. The summed E-state index contributed by atoms with van der Waals surface area (Å²) in [5.41, 5.74) is 3.58. The maximum Gasteiger partial charge on any atom is 0.326 e. The molecular formula is C31H36N6O5. The fourth-order valence-corrected chi connectivity index (χ4v) is 6.74. The van der Waals surface area contributed by atoms with Gasteiger partial charge < -0.3 is 34.6 Å². The molecule has 3 saturated heterocycles. The maximum atomic E-state index is 13.9. The van der Waals surface area contributed by atoms with Crippen LogP contribution in [0.4, 0.5) is 4.79 Å². The Bertz CT molecular complexity index is 1650. The minimum atomic E-state index is -0.706. The van der Waals surface area contributed by atoms with E-state index in [1.165, 1.54) is 0 Å². The number of nitrogens with one attached hydrogen (secondary N) is 3. The van der Waals surface area contributed by atoms with E-state index in [0.29, 0.717) is 71.5 Å². The number of para-hydroxylation sites is 2. The fourth-order valence-electron chi connectivity index (χ4n) is 6.74. The summed E-state index contributed by atoms with van der Waals surface area (Å²) in [6.07, 6.45) is 4.84. The summed E-state index contributed by atoms with van der Waals surface area (Å²) in [6.45, 7) is 3.21. The fraction of sp³-hybridized carbons (Fsp3) is 0.452. The van der Waals surface area contributed by atoms with Gasteiger partial charge in [-0.15, -0.1) is 0 Å². The van der Waals surface area contributed by atoms with Crippen molar-refractivity contribution in [2.75, 3.05) is 39.4 Å². The molecular weight excluding hydrogens is 536 g/mol. The second-order valence-electron chi connectivity index (χ2n) is 11.6. The van der Waals surface area contributed by atoms with Crippen LogP contribution in [0.15, 0.2) is 59.5 Å². The van der Waals surface area contributed by atoms with E-state index >= 15 is 0 Å². The Morgan fingerprint density at radius 3 is 2.50 bits per heavy atom. The van der Waals surface area contributed by atoms with Gasteiger partial charge in [0, 0.05) is 63.2 Å². The molecule has 3 aliphatic rings. The largest absolute Gasteiger partial charge is 0.361 e. The topological polar surface area (TPSA) is 125 Å². The molecule has 3 fully saturated rings. The molecule has 11 nitrogen and oxygen atoms in total. The van der Waals surface area contributed by atoms with Gasteiger partial charge in [-0.05, 0) is 54.1 Å². The molecule has 42 heavy (non-hydrogen) atoms. The van der Waals surface area contributed by atoms with Crippen molar-refractivity contribution in [2.24, 2.45) is 0 Å². The van der Waals surface area contributed by atoms with Crippen LogP contribution in [0.1, 0.15) is 37.3 Å². The van der Waals surface area contributed by atoms with E-state index in [1.807, 2.05) is 58.1 Å². The van der Waals surface area contributed by atoms with E-state index < -0.39 is 11.8 Å². The summed E-state index contributed by atoms with van der Waals surface area (Å²) in [6, 6.07) is 14.8. The number of carbonyl (C=O) groups excluding carboxylic acids is 2. The van der Waals surface area contributed by atoms with E-state index in [-0.39, 0.29) is 23.7 Å². The molecule has 1 unspecified atom stereocenters. The number of benzene rings is 2. The van der Waals surface area contributed by atoms with E-state index in [2.05, 4.69) is 21.4 Å². The minimum absolute atomic E-state index is 0.00361. The molecule has 2 aromatic heterocycles. The van der Waals surface area contributed by atoms with Gasteiger partial charge in [-0.2, -0.15) is 0 Å². The highest BCUT2D eigenvalue weighted by Gasteiger charge is 2.42. The molecule has 0 aliphatic carbocycles. The third kappa shape index (κ3) is 5.07. The summed E-state index contributed by atoms with van der Waals surface area (Å²) in [5.74, 6) is -0.669. The molecule has 1 spiro atoms. The molecule has 0 radical (unpaired) electrons. The lowest BCUT2D eigenvalue weighted by atomic mass is 9.99. The molecule has 7 rings (SSSR count). The van der Waals surface area contributed by atoms with Gasteiger partial charge in [0.2, 0.25) is 5.91 Å². The first-order valence-corrected chi connectivity index (χ1v) is 14.9. The van der Waals surface area contributed by atoms with Crippen LogP contribution in [0.2, 0.25) is 0 Å². The first-order chi connectivity index (χ1) is 20.5. The zero-order valence-corrected chi connectivity index (χ0v) is 23.5. The van der Waals surface area contributed by atoms with Crippen LogP contribution in [-0.2, 0) is 20.7 Å². The van der Waals surface area contributed by atoms with Crippen LogP contribution < -0.4 is 11.0 Å². The van der Waals surface area contributed by atoms with E-state index in [4.69, 9.17) is 9.47 Å². The second-order valence-corrected chi connectivity index (χ2v) is 11.6. The van der Waals surface area contributed by atoms with Crippen molar-refractivity contribution < 1.29 is 19.1 Å². The predicted octanol–water partition coefficient (Wildman–Crippen LogP) is 3.13. The monoisotopic (exact) mass is 572 g/mol. The van der Waals surface area contributed by atoms with Crippen molar-refractivity contribution in [1.82, 2.24) is 29.7 Å². The van der Waals surface area contributed by atoms with Crippen LogP contribution in [-0.4, -0.2) is 87.5 Å². The number of piperidine rings is 2. The van der Waals surface area contributed by atoms with Crippen LogP contribution in [0.3, 0.4) is 0 Å². The Hall–Kier alpha value is -4.09. The SMILES string of the molecule is O=C(NC(Cc1ccc2[nH]ccc2c1)C(=O)N1CCC2(CC1)OCCO2)N1CCC(n2c(=O)[nH]c3ccccc32)CC1. The Kier molecular flexibility index (Phi) is 6.99. The summed E-state index contributed by atoms with van der Waals surface area (Å²) >= 11 is 0. The lowest BCUT2D eigenvalue weighted by molar-refractivity contribution is -0.187. The van der Waals surface area contributed by atoms with Crippen molar-refractivity contribution in [3.63, 3.8) is 0 Å². The number of imidazole rings is 1. The number of hydrogen-bond donors (Lipinski definition) is 3. The minimum Gasteiger partial charge on any atom is -0.361 e. The molecule has 0 bridgehead atoms. The van der Waals surface area contributed by atoms with Crippen LogP contribution in [0.5, 0.6) is 0 Å². The van der Waals surface area contributed by atoms with Crippen molar-refractivity contribution >= 4 is 33.9 Å². The zero-order valence-electron chi connectivity index (χ0n) is 23.5. The van der Waals surface area contributed by atoms with Gasteiger partial charge in [-0.25, -0.2) is 9.59 Å². The third-order valence-corrected chi connectivity index (χ3v) is 9.04. The van der Waals surface area contributed by atoms with Crippen molar-refractivity contribution in [2.45, 2.75) is 50.0 Å². The standard InChI is InChI=1S/C31H36N6O5/c38-28(35-15-10-31(11-16-35)41-17-18-42-31)26(20-21-5-6-24-22(19-21)7-12-32-24)34-29(39)36-13-8-23(9-14-36)37-27-4-2-1-3-25(27)33-30(37)40/h1-7,12,19,23,26,32H,8-11,13-18,20H2,(H,33,40)(H,34,39). The number of amides is 3. The Balaban J connectivity index is 1.05. The second kappa shape index (κ2) is 11.0. The summed E-state index contributed by atoms with van der Waals surface area (Å²) in [4.78, 5) is 49.8. The van der Waals surface area contributed by atoms with Crippen LogP contribution in [0, 0.1) is 0 Å². The van der Waals surface area contributed by atoms with Gasteiger partial charge in [0.25, 0.3) is 0 Å². The zero-order chi connectivity index (χ0) is 28.7. The third-order valence-electron chi connectivity index (χ3n) is 9.04. The Labute approximate surface area is 242 Å². The number of H-pyrrole nitrogens is 2. The number of hydrogen-bond acceptors (Lipinski definition) is 5. The quantitative estimate of drug-likeness (QED) is 0.339. The normalized spacial score (nSPS) is 20.0. The molecule has 220 valence electrons. The molecule has 2 aromatic carbocycles. The van der Waals surface area contributed by atoms with E-state index in [9.17, 15) is 14.4 Å². The van der Waals surface area contributed by atoms with Gasteiger partial charge in [0.15, 0.2) is 5.79 Å². The van der Waals surface area contributed by atoms with Crippen LogP contribution >= 0.6 is 0 Å². The average Bonchev–Trinajstić information content (AvgIpc) is 3.75. The number of aromatic amines is 2. The van der Waals surface area contributed by atoms with Gasteiger partial charge in [0.05, 0.1) is 24.2 Å². The van der Waals surface area contributed by atoms with Crippen molar-refractivity contribution in [1.29, 1.82) is 0 Å². The summed E-state index contributed by atoms with van der Waals surface area (Å²) < 4.78 is 13.5. The van der Waals surface area contributed by atoms with Crippen molar-refractivity contribution in [3.05, 3.63) is 70.8 Å². The van der Waals surface area contributed by atoms with Gasteiger partial charge >= 0.3 is 11.7 Å². The number of ether oxygens (including phenoxy) is 2. The van der Waals surface area contributed by atoms with E-state index in [0.717, 1.165) is 27.5 Å². The molecule has 3 amide bonds. The highest BCUT2D eigenvalue weighted by atomic mass is 16.7.